The van der Waals surface area contributed by atoms with Crippen molar-refractivity contribution in [2.75, 3.05) is 7.11 Å². The zero-order chi connectivity index (χ0) is 14.0. The number of benzene rings is 1. The third kappa shape index (κ3) is 2.40. The molecule has 0 amide bonds. The Labute approximate surface area is 110 Å². The highest BCUT2D eigenvalue weighted by molar-refractivity contribution is 5.90. The number of methoxy groups -OCH3 is 1. The number of nitrogens with zero attached hydrogens (tertiary/aromatic N) is 2. The summed E-state index contributed by atoms with van der Waals surface area (Å²) in [6, 6.07) is 6.88. The summed E-state index contributed by atoms with van der Waals surface area (Å²) in [5, 5.41) is 4.00. The molecule has 0 unspecified atom stereocenters. The first-order chi connectivity index (χ1) is 9.04. The molecule has 19 heavy (non-hydrogen) atoms. The fraction of sp³-hybridized carbons (Fsp3) is 0.214. The normalized spacial score (nSPS) is 10.3. The van der Waals surface area contributed by atoms with Crippen LogP contribution in [0.5, 0.6) is 0 Å². The van der Waals surface area contributed by atoms with Crippen molar-refractivity contribution in [3.8, 4) is 11.1 Å². The van der Waals surface area contributed by atoms with Gasteiger partial charge in [0.05, 0.1) is 18.9 Å². The molecule has 0 saturated carbocycles. The lowest BCUT2D eigenvalue weighted by Crippen LogP contribution is -2.22. The van der Waals surface area contributed by atoms with Crippen molar-refractivity contribution in [2.45, 2.75) is 6.92 Å². The van der Waals surface area contributed by atoms with Crippen LogP contribution in [0.3, 0.4) is 0 Å². The summed E-state index contributed by atoms with van der Waals surface area (Å²) >= 11 is 0. The SMILES string of the molecule is COC(=O)c1ccc(-c2cnn(C)c(=O)c2C)cc1. The Balaban J connectivity index is 2.46. The van der Waals surface area contributed by atoms with Gasteiger partial charge in [-0.25, -0.2) is 9.48 Å². The van der Waals surface area contributed by atoms with E-state index in [4.69, 9.17) is 0 Å². The summed E-state index contributed by atoms with van der Waals surface area (Å²) in [6.45, 7) is 1.76. The highest BCUT2D eigenvalue weighted by Crippen LogP contribution is 2.20. The minimum Gasteiger partial charge on any atom is -0.465 e. The molecule has 0 fully saturated rings. The highest BCUT2D eigenvalue weighted by Gasteiger charge is 2.09. The van der Waals surface area contributed by atoms with Crippen LogP contribution >= 0.6 is 0 Å². The van der Waals surface area contributed by atoms with Crippen molar-refractivity contribution in [3.05, 3.63) is 51.9 Å². The van der Waals surface area contributed by atoms with Gasteiger partial charge >= 0.3 is 5.97 Å². The molecule has 1 aromatic carbocycles. The first-order valence-corrected chi connectivity index (χ1v) is 5.76. The Kier molecular flexibility index (Phi) is 3.46. The summed E-state index contributed by atoms with van der Waals surface area (Å²) in [5.74, 6) is -0.384. The van der Waals surface area contributed by atoms with E-state index >= 15 is 0 Å². The first-order valence-electron chi connectivity index (χ1n) is 5.76. The van der Waals surface area contributed by atoms with E-state index in [2.05, 4.69) is 9.84 Å². The summed E-state index contributed by atoms with van der Waals surface area (Å²) in [4.78, 5) is 23.1. The van der Waals surface area contributed by atoms with Crippen LogP contribution in [0.15, 0.2) is 35.3 Å². The lowest BCUT2D eigenvalue weighted by molar-refractivity contribution is 0.0601. The largest absolute Gasteiger partial charge is 0.465 e. The van der Waals surface area contributed by atoms with E-state index in [1.54, 1.807) is 44.4 Å². The molecule has 98 valence electrons. The maximum absolute atomic E-state index is 11.8. The molecule has 5 heteroatoms. The average Bonchev–Trinajstić information content (AvgIpc) is 2.44. The van der Waals surface area contributed by atoms with Gasteiger partial charge < -0.3 is 4.74 Å². The summed E-state index contributed by atoms with van der Waals surface area (Å²) in [6.07, 6.45) is 1.64. The van der Waals surface area contributed by atoms with Crippen LogP contribution in [0.4, 0.5) is 0 Å². The zero-order valence-corrected chi connectivity index (χ0v) is 11.0. The molecule has 0 aliphatic carbocycles. The lowest BCUT2D eigenvalue weighted by Gasteiger charge is -2.07. The van der Waals surface area contributed by atoms with E-state index in [-0.39, 0.29) is 11.5 Å². The number of hydrogen-bond acceptors (Lipinski definition) is 4. The number of hydrogen-bond donors (Lipinski definition) is 0. The molecule has 0 N–H and O–H groups in total. The molecule has 5 nitrogen and oxygen atoms in total. The zero-order valence-electron chi connectivity index (χ0n) is 11.0. The van der Waals surface area contributed by atoms with E-state index in [9.17, 15) is 9.59 Å². The van der Waals surface area contributed by atoms with Gasteiger partial charge in [-0.1, -0.05) is 12.1 Å². The van der Waals surface area contributed by atoms with Gasteiger partial charge in [0.1, 0.15) is 0 Å². The molecule has 2 rings (SSSR count). The summed E-state index contributed by atoms with van der Waals surface area (Å²) in [7, 11) is 2.95. The number of ether oxygens (including phenoxy) is 1. The molecule has 0 spiro atoms. The van der Waals surface area contributed by atoms with Crippen LogP contribution in [-0.2, 0) is 11.8 Å². The monoisotopic (exact) mass is 258 g/mol. The fourth-order valence-electron chi connectivity index (χ4n) is 1.85. The number of carbonyl (C=O) groups is 1. The third-order valence-electron chi connectivity index (χ3n) is 3.00. The molecule has 0 radical (unpaired) electrons. The van der Waals surface area contributed by atoms with Crippen LogP contribution in [0.2, 0.25) is 0 Å². The number of aryl methyl sites for hydroxylation is 1. The molecule has 2 aromatic rings. The van der Waals surface area contributed by atoms with Gasteiger partial charge in [0.25, 0.3) is 5.56 Å². The molecular weight excluding hydrogens is 244 g/mol. The lowest BCUT2D eigenvalue weighted by atomic mass is 10.0. The van der Waals surface area contributed by atoms with Crippen molar-refractivity contribution in [1.29, 1.82) is 0 Å². The van der Waals surface area contributed by atoms with E-state index in [1.807, 2.05) is 0 Å². The Morgan fingerprint density at radius 3 is 2.47 bits per heavy atom. The Bertz CT molecular complexity index is 672. The molecule has 0 bridgehead atoms. The highest BCUT2D eigenvalue weighted by atomic mass is 16.5. The van der Waals surface area contributed by atoms with Gasteiger partial charge in [-0.15, -0.1) is 0 Å². The van der Waals surface area contributed by atoms with Crippen LogP contribution in [0.1, 0.15) is 15.9 Å². The molecule has 0 atom stereocenters. The topological polar surface area (TPSA) is 61.2 Å². The van der Waals surface area contributed by atoms with Gasteiger partial charge in [0.2, 0.25) is 0 Å². The van der Waals surface area contributed by atoms with Gasteiger partial charge in [-0.2, -0.15) is 5.10 Å². The van der Waals surface area contributed by atoms with Crippen molar-refractivity contribution >= 4 is 5.97 Å². The molecule has 0 aliphatic heterocycles. The predicted molar refractivity (Wildman–Crippen MR) is 71.0 cm³/mol. The Hall–Kier alpha value is -2.43. The Morgan fingerprint density at radius 1 is 1.26 bits per heavy atom. The van der Waals surface area contributed by atoms with E-state index < -0.39 is 0 Å². The van der Waals surface area contributed by atoms with Gasteiger partial charge in [0, 0.05) is 18.2 Å². The van der Waals surface area contributed by atoms with Crippen LogP contribution in [-0.4, -0.2) is 22.9 Å². The standard InChI is InChI=1S/C14H14N2O3/c1-9-12(8-15-16(2)13(9)17)10-4-6-11(7-5-10)14(18)19-3/h4-8H,1-3H3. The molecule has 1 aromatic heterocycles. The summed E-state index contributed by atoms with van der Waals surface area (Å²) in [5.41, 5.74) is 2.58. The van der Waals surface area contributed by atoms with Crippen molar-refractivity contribution in [3.63, 3.8) is 0 Å². The average molecular weight is 258 g/mol. The van der Waals surface area contributed by atoms with Crippen molar-refractivity contribution in [1.82, 2.24) is 9.78 Å². The number of rotatable bonds is 2. The predicted octanol–water partition coefficient (Wildman–Crippen LogP) is 1.54. The molecule has 0 saturated heterocycles. The minimum atomic E-state index is -0.384. The van der Waals surface area contributed by atoms with Gasteiger partial charge in [-0.05, 0) is 24.6 Å². The number of esters is 1. The Morgan fingerprint density at radius 2 is 1.89 bits per heavy atom. The number of carbonyl (C=O) groups excluding carboxylic acids is 1. The first kappa shape index (κ1) is 13.0. The smallest absolute Gasteiger partial charge is 0.337 e. The van der Waals surface area contributed by atoms with Crippen LogP contribution in [0, 0.1) is 6.92 Å². The second-order valence-corrected chi connectivity index (χ2v) is 4.18. The second kappa shape index (κ2) is 5.06. The maximum atomic E-state index is 11.8. The van der Waals surface area contributed by atoms with E-state index in [1.165, 1.54) is 11.8 Å². The van der Waals surface area contributed by atoms with Crippen molar-refractivity contribution in [2.24, 2.45) is 7.05 Å². The maximum Gasteiger partial charge on any atom is 0.337 e. The second-order valence-electron chi connectivity index (χ2n) is 4.18. The van der Waals surface area contributed by atoms with Crippen LogP contribution in [0.25, 0.3) is 11.1 Å². The van der Waals surface area contributed by atoms with Gasteiger partial charge in [0.15, 0.2) is 0 Å². The van der Waals surface area contributed by atoms with Crippen LogP contribution < -0.4 is 5.56 Å². The quantitative estimate of drug-likeness (QED) is 0.767. The fourth-order valence-corrected chi connectivity index (χ4v) is 1.85. The van der Waals surface area contributed by atoms with Gasteiger partial charge in [-0.3, -0.25) is 4.79 Å². The third-order valence-corrected chi connectivity index (χ3v) is 3.00. The molecule has 0 aliphatic rings. The van der Waals surface area contributed by atoms with E-state index in [0.29, 0.717) is 11.1 Å². The molecular formula is C14H14N2O3. The molecule has 1 heterocycles. The minimum absolute atomic E-state index is 0.130. The number of aromatic nitrogens is 2. The van der Waals surface area contributed by atoms with E-state index in [0.717, 1.165) is 11.1 Å². The van der Waals surface area contributed by atoms with Crippen molar-refractivity contribution < 1.29 is 9.53 Å². The summed E-state index contributed by atoms with van der Waals surface area (Å²) < 4.78 is 5.93.